The maximum absolute atomic E-state index is 13.1. The van der Waals surface area contributed by atoms with Crippen LogP contribution in [0.3, 0.4) is 0 Å². The van der Waals surface area contributed by atoms with Crippen LogP contribution in [0.15, 0.2) is 53.1 Å². The largest absolute Gasteiger partial charge is 0.467 e. The Morgan fingerprint density at radius 2 is 1.76 bits per heavy atom. The second-order valence-corrected chi connectivity index (χ2v) is 7.08. The number of furan rings is 1. The maximum Gasteiger partial charge on any atom is 0.242 e. The molecule has 158 valence electrons. The van der Waals surface area contributed by atoms with E-state index < -0.39 is 0 Å². The van der Waals surface area contributed by atoms with Gasteiger partial charge in [-0.05, 0) is 24.1 Å². The van der Waals surface area contributed by atoms with Gasteiger partial charge in [0.25, 0.3) is 0 Å². The summed E-state index contributed by atoms with van der Waals surface area (Å²) in [6, 6.07) is 13.5. The first kappa shape index (κ1) is 22.7. The van der Waals surface area contributed by atoms with Gasteiger partial charge in [0.1, 0.15) is 5.76 Å². The van der Waals surface area contributed by atoms with Gasteiger partial charge in [0.2, 0.25) is 11.8 Å². The van der Waals surface area contributed by atoms with Crippen LogP contribution in [0.1, 0.15) is 43.9 Å². The van der Waals surface area contributed by atoms with Crippen molar-refractivity contribution in [1.82, 2.24) is 9.80 Å². The van der Waals surface area contributed by atoms with Crippen LogP contribution in [0.2, 0.25) is 0 Å². The zero-order chi connectivity index (χ0) is 20.9. The maximum atomic E-state index is 13.1. The highest BCUT2D eigenvalue weighted by atomic mass is 16.5. The van der Waals surface area contributed by atoms with Gasteiger partial charge in [-0.25, -0.2) is 0 Å². The Bertz CT molecular complexity index is 716. The number of benzene rings is 1. The molecule has 2 amide bonds. The third-order valence-corrected chi connectivity index (χ3v) is 4.73. The molecule has 0 atom stereocenters. The highest BCUT2D eigenvalue weighted by Gasteiger charge is 2.22. The van der Waals surface area contributed by atoms with Crippen molar-refractivity contribution in [3.8, 4) is 0 Å². The fourth-order valence-corrected chi connectivity index (χ4v) is 3.07. The smallest absolute Gasteiger partial charge is 0.242 e. The van der Waals surface area contributed by atoms with Crippen molar-refractivity contribution in [2.75, 3.05) is 26.8 Å². The summed E-state index contributed by atoms with van der Waals surface area (Å²) in [7, 11) is 1.60. The summed E-state index contributed by atoms with van der Waals surface area (Å²) in [5, 5.41) is 0. The van der Waals surface area contributed by atoms with Crippen LogP contribution in [0, 0.1) is 0 Å². The molecule has 0 unspecified atom stereocenters. The number of rotatable bonds is 13. The number of amides is 2. The quantitative estimate of drug-likeness (QED) is 0.479. The predicted octanol–water partition coefficient (Wildman–Crippen LogP) is 3.86. The van der Waals surface area contributed by atoms with Gasteiger partial charge in [-0.1, -0.05) is 50.1 Å². The first-order valence-electron chi connectivity index (χ1n) is 10.2. The molecule has 0 spiro atoms. The number of hydrogen-bond acceptors (Lipinski definition) is 4. The third kappa shape index (κ3) is 8.11. The van der Waals surface area contributed by atoms with E-state index in [0.717, 1.165) is 24.8 Å². The minimum Gasteiger partial charge on any atom is -0.467 e. The van der Waals surface area contributed by atoms with Crippen LogP contribution >= 0.6 is 0 Å². The topological polar surface area (TPSA) is 63.0 Å². The lowest BCUT2D eigenvalue weighted by atomic mass is 10.2. The molecule has 0 fully saturated rings. The van der Waals surface area contributed by atoms with Gasteiger partial charge in [0.15, 0.2) is 0 Å². The van der Waals surface area contributed by atoms with Crippen LogP contribution in [0.25, 0.3) is 0 Å². The fourth-order valence-electron chi connectivity index (χ4n) is 3.07. The molecule has 0 radical (unpaired) electrons. The van der Waals surface area contributed by atoms with Crippen molar-refractivity contribution in [2.24, 2.45) is 0 Å². The second-order valence-electron chi connectivity index (χ2n) is 7.08. The molecular formula is C23H32N2O4. The summed E-state index contributed by atoms with van der Waals surface area (Å²) >= 11 is 0. The molecular weight excluding hydrogens is 368 g/mol. The van der Waals surface area contributed by atoms with E-state index in [0.29, 0.717) is 38.4 Å². The van der Waals surface area contributed by atoms with E-state index in [1.165, 1.54) is 0 Å². The van der Waals surface area contributed by atoms with Gasteiger partial charge in [-0.2, -0.15) is 0 Å². The molecule has 2 rings (SSSR count). The van der Waals surface area contributed by atoms with E-state index in [4.69, 9.17) is 9.15 Å². The van der Waals surface area contributed by atoms with Gasteiger partial charge in [0, 0.05) is 26.6 Å². The van der Waals surface area contributed by atoms with Crippen LogP contribution in [0.4, 0.5) is 0 Å². The average molecular weight is 401 g/mol. The van der Waals surface area contributed by atoms with Gasteiger partial charge in [-0.15, -0.1) is 0 Å². The van der Waals surface area contributed by atoms with E-state index in [1.807, 2.05) is 42.5 Å². The van der Waals surface area contributed by atoms with Crippen molar-refractivity contribution in [3.05, 3.63) is 60.1 Å². The lowest BCUT2D eigenvalue weighted by Gasteiger charge is -2.27. The summed E-state index contributed by atoms with van der Waals surface area (Å²) < 4.78 is 10.6. The van der Waals surface area contributed by atoms with E-state index in [2.05, 4.69) is 6.92 Å². The van der Waals surface area contributed by atoms with E-state index in [-0.39, 0.29) is 18.4 Å². The Kier molecular flexibility index (Phi) is 10.00. The standard InChI is InChI=1S/C23H32N2O4/c1-3-4-6-13-22(26)24(14-16-28-2)19-23(27)25(18-21-12-9-15-29-21)17-20-10-7-5-8-11-20/h5,7-12,15H,3-4,6,13-14,16-19H2,1-2H3. The van der Waals surface area contributed by atoms with Crippen LogP contribution in [-0.4, -0.2) is 48.4 Å². The molecule has 0 saturated carbocycles. The highest BCUT2D eigenvalue weighted by molar-refractivity contribution is 5.84. The van der Waals surface area contributed by atoms with Crippen LogP contribution in [-0.2, 0) is 27.4 Å². The molecule has 0 bridgehead atoms. The lowest BCUT2D eigenvalue weighted by molar-refractivity contribution is -0.142. The van der Waals surface area contributed by atoms with E-state index >= 15 is 0 Å². The Morgan fingerprint density at radius 3 is 2.41 bits per heavy atom. The molecule has 1 heterocycles. The number of carbonyl (C=O) groups is 2. The van der Waals surface area contributed by atoms with Crippen molar-refractivity contribution in [3.63, 3.8) is 0 Å². The zero-order valence-corrected chi connectivity index (χ0v) is 17.5. The summed E-state index contributed by atoms with van der Waals surface area (Å²) in [5.74, 6) is 0.610. The molecule has 0 N–H and O–H groups in total. The SMILES string of the molecule is CCCCCC(=O)N(CCOC)CC(=O)N(Cc1ccccc1)Cc1ccco1. The monoisotopic (exact) mass is 400 g/mol. The minimum absolute atomic E-state index is 0.00140. The Balaban J connectivity index is 2.07. The van der Waals surface area contributed by atoms with Crippen molar-refractivity contribution >= 4 is 11.8 Å². The number of carbonyl (C=O) groups excluding carboxylic acids is 2. The van der Waals surface area contributed by atoms with Gasteiger partial charge in [-0.3, -0.25) is 9.59 Å². The number of methoxy groups -OCH3 is 1. The van der Waals surface area contributed by atoms with Gasteiger partial charge in [0.05, 0.1) is 26.0 Å². The summed E-state index contributed by atoms with van der Waals surface area (Å²) in [6.45, 7) is 3.79. The highest BCUT2D eigenvalue weighted by Crippen LogP contribution is 2.12. The molecule has 6 heteroatoms. The lowest BCUT2D eigenvalue weighted by Crippen LogP contribution is -2.43. The van der Waals surface area contributed by atoms with Crippen molar-refractivity contribution in [1.29, 1.82) is 0 Å². The van der Waals surface area contributed by atoms with Gasteiger partial charge < -0.3 is 19.0 Å². The summed E-state index contributed by atoms with van der Waals surface area (Å²) in [6.07, 6.45) is 4.96. The first-order valence-corrected chi connectivity index (χ1v) is 10.2. The Hall–Kier alpha value is -2.60. The molecule has 0 aliphatic rings. The summed E-state index contributed by atoms with van der Waals surface area (Å²) in [4.78, 5) is 29.1. The molecule has 0 aliphatic carbocycles. The molecule has 0 aliphatic heterocycles. The third-order valence-electron chi connectivity index (χ3n) is 4.73. The zero-order valence-electron chi connectivity index (χ0n) is 17.5. The number of nitrogens with zero attached hydrogens (tertiary/aromatic N) is 2. The number of unbranched alkanes of at least 4 members (excludes halogenated alkanes) is 2. The Labute approximate surface area is 173 Å². The normalized spacial score (nSPS) is 10.7. The van der Waals surface area contributed by atoms with Gasteiger partial charge >= 0.3 is 0 Å². The predicted molar refractivity (Wildman–Crippen MR) is 112 cm³/mol. The first-order chi connectivity index (χ1) is 14.1. The van der Waals surface area contributed by atoms with Crippen LogP contribution < -0.4 is 0 Å². The van der Waals surface area contributed by atoms with Crippen molar-refractivity contribution in [2.45, 2.75) is 45.7 Å². The average Bonchev–Trinajstić information content (AvgIpc) is 3.24. The molecule has 1 aromatic carbocycles. The number of ether oxygens (including phenoxy) is 1. The minimum atomic E-state index is -0.106. The van der Waals surface area contributed by atoms with Crippen molar-refractivity contribution < 1.29 is 18.7 Å². The van der Waals surface area contributed by atoms with E-state index in [9.17, 15) is 9.59 Å². The fraction of sp³-hybridized carbons (Fsp3) is 0.478. The Morgan fingerprint density at radius 1 is 0.966 bits per heavy atom. The van der Waals surface area contributed by atoms with Crippen LogP contribution in [0.5, 0.6) is 0 Å². The molecule has 29 heavy (non-hydrogen) atoms. The van der Waals surface area contributed by atoms with E-state index in [1.54, 1.807) is 23.2 Å². The molecule has 6 nitrogen and oxygen atoms in total. The molecule has 0 saturated heterocycles. The number of hydrogen-bond donors (Lipinski definition) is 0. The second kappa shape index (κ2) is 12.8. The molecule has 1 aromatic heterocycles. The molecule has 2 aromatic rings. The summed E-state index contributed by atoms with van der Waals surface area (Å²) in [5.41, 5.74) is 1.03.